The summed E-state index contributed by atoms with van der Waals surface area (Å²) in [6.45, 7) is 7.61. The summed E-state index contributed by atoms with van der Waals surface area (Å²) in [6.07, 6.45) is 1.04. The Morgan fingerprint density at radius 3 is 2.56 bits per heavy atom. The number of nitrogens with two attached hydrogens (primary N) is 1. The minimum Gasteiger partial charge on any atom is -0.507 e. The van der Waals surface area contributed by atoms with Gasteiger partial charge in [-0.15, -0.1) is 0 Å². The van der Waals surface area contributed by atoms with E-state index in [1.807, 2.05) is 26.0 Å². The number of aryl methyl sites for hydroxylation is 2. The monoisotopic (exact) mass is 247 g/mol. The van der Waals surface area contributed by atoms with Crippen LogP contribution in [0.4, 0.5) is 0 Å². The Hall–Kier alpha value is -1.71. The molecule has 0 saturated carbocycles. The highest BCUT2D eigenvalue weighted by atomic mass is 16.3. The average Bonchev–Trinajstić information content (AvgIpc) is 2.68. The van der Waals surface area contributed by atoms with Gasteiger partial charge in [-0.1, -0.05) is 19.1 Å². The molecule has 1 unspecified atom stereocenters. The van der Waals surface area contributed by atoms with Crippen molar-refractivity contribution in [1.82, 2.24) is 4.90 Å². The Bertz CT molecular complexity index is 459. The molecule has 0 saturated heterocycles. The molecule has 3 N–H and O–H groups in total. The molecule has 1 aromatic rings. The average molecular weight is 247 g/mol. The van der Waals surface area contributed by atoms with Crippen molar-refractivity contribution < 1.29 is 5.11 Å². The van der Waals surface area contributed by atoms with Gasteiger partial charge < -0.3 is 15.7 Å². The van der Waals surface area contributed by atoms with Gasteiger partial charge in [-0.05, 0) is 37.0 Å². The Labute approximate surface area is 108 Å². The second-order valence-electron chi connectivity index (χ2n) is 4.91. The fraction of sp³-hybridized carbons (Fsp3) is 0.500. The lowest BCUT2D eigenvalue weighted by Crippen LogP contribution is -2.36. The van der Waals surface area contributed by atoms with Crippen molar-refractivity contribution in [1.29, 1.82) is 0 Å². The highest BCUT2D eigenvalue weighted by Gasteiger charge is 2.27. The first-order chi connectivity index (χ1) is 8.54. The summed E-state index contributed by atoms with van der Waals surface area (Å²) in [7, 11) is 0. The second-order valence-corrected chi connectivity index (χ2v) is 4.91. The standard InChI is InChI=1S/C14H21N3O/c1-4-5-17-12(8-16-14(17)15)11-6-9(2)13(18)10(3)7-11/h6-7,12,18H,4-5,8H2,1-3H3,(H2,15,16). The molecule has 4 nitrogen and oxygen atoms in total. The van der Waals surface area contributed by atoms with Gasteiger partial charge in [0.2, 0.25) is 0 Å². The topological polar surface area (TPSA) is 61.8 Å². The summed E-state index contributed by atoms with van der Waals surface area (Å²) in [5.41, 5.74) is 8.92. The molecule has 0 aromatic heterocycles. The third-order valence-electron chi connectivity index (χ3n) is 3.46. The number of hydrogen-bond acceptors (Lipinski definition) is 4. The Morgan fingerprint density at radius 1 is 1.39 bits per heavy atom. The molecule has 1 heterocycles. The highest BCUT2D eigenvalue weighted by Crippen LogP contribution is 2.31. The van der Waals surface area contributed by atoms with Gasteiger partial charge in [0.1, 0.15) is 5.75 Å². The highest BCUT2D eigenvalue weighted by molar-refractivity contribution is 5.80. The number of guanidine groups is 1. The number of phenolic OH excluding ortho intramolecular Hbond substituents is 1. The first-order valence-corrected chi connectivity index (χ1v) is 6.41. The third-order valence-corrected chi connectivity index (χ3v) is 3.46. The summed E-state index contributed by atoms with van der Waals surface area (Å²) >= 11 is 0. The van der Waals surface area contributed by atoms with Crippen LogP contribution < -0.4 is 5.73 Å². The molecule has 1 atom stereocenters. The van der Waals surface area contributed by atoms with Crippen molar-refractivity contribution in [2.45, 2.75) is 33.2 Å². The molecule has 0 amide bonds. The molecular weight excluding hydrogens is 226 g/mol. The maximum atomic E-state index is 9.83. The molecular formula is C14H21N3O. The van der Waals surface area contributed by atoms with E-state index < -0.39 is 0 Å². The molecule has 0 aliphatic carbocycles. The van der Waals surface area contributed by atoms with Crippen molar-refractivity contribution in [2.24, 2.45) is 10.7 Å². The molecule has 0 fully saturated rings. The predicted molar refractivity (Wildman–Crippen MR) is 73.8 cm³/mol. The van der Waals surface area contributed by atoms with Crippen LogP contribution >= 0.6 is 0 Å². The van der Waals surface area contributed by atoms with E-state index in [0.717, 1.165) is 24.1 Å². The number of aliphatic imine (C=N–C) groups is 1. The summed E-state index contributed by atoms with van der Waals surface area (Å²) in [5, 5.41) is 9.83. The van der Waals surface area contributed by atoms with E-state index in [-0.39, 0.29) is 6.04 Å². The fourth-order valence-electron chi connectivity index (χ4n) is 2.51. The smallest absolute Gasteiger partial charge is 0.191 e. The van der Waals surface area contributed by atoms with Crippen molar-refractivity contribution in [3.8, 4) is 5.75 Å². The number of rotatable bonds is 3. The van der Waals surface area contributed by atoms with Crippen LogP contribution in [0.15, 0.2) is 17.1 Å². The molecule has 98 valence electrons. The van der Waals surface area contributed by atoms with Crippen molar-refractivity contribution in [3.63, 3.8) is 0 Å². The van der Waals surface area contributed by atoms with Crippen molar-refractivity contribution in [2.75, 3.05) is 13.1 Å². The second kappa shape index (κ2) is 4.88. The summed E-state index contributed by atoms with van der Waals surface area (Å²) in [4.78, 5) is 6.48. The van der Waals surface area contributed by atoms with Crippen LogP contribution in [0.3, 0.4) is 0 Å². The van der Waals surface area contributed by atoms with Gasteiger partial charge in [-0.3, -0.25) is 4.99 Å². The van der Waals surface area contributed by atoms with Crippen LogP contribution in [-0.2, 0) is 0 Å². The molecule has 0 radical (unpaired) electrons. The maximum absolute atomic E-state index is 9.83. The van der Waals surface area contributed by atoms with Gasteiger partial charge >= 0.3 is 0 Å². The van der Waals surface area contributed by atoms with Gasteiger partial charge in [0.15, 0.2) is 5.96 Å². The quantitative estimate of drug-likeness (QED) is 0.859. The number of hydrogen-bond donors (Lipinski definition) is 2. The summed E-state index contributed by atoms with van der Waals surface area (Å²) in [6, 6.07) is 4.27. The molecule has 1 aromatic carbocycles. The molecule has 0 spiro atoms. The van der Waals surface area contributed by atoms with E-state index >= 15 is 0 Å². The molecule has 1 aliphatic rings. The maximum Gasteiger partial charge on any atom is 0.191 e. The van der Waals surface area contributed by atoms with E-state index in [1.165, 1.54) is 5.56 Å². The van der Waals surface area contributed by atoms with Gasteiger partial charge in [0.25, 0.3) is 0 Å². The van der Waals surface area contributed by atoms with Gasteiger partial charge in [-0.25, -0.2) is 0 Å². The first kappa shape index (κ1) is 12.7. The van der Waals surface area contributed by atoms with E-state index in [1.54, 1.807) is 0 Å². The van der Waals surface area contributed by atoms with Gasteiger partial charge in [-0.2, -0.15) is 0 Å². The Morgan fingerprint density at radius 2 is 2.00 bits per heavy atom. The lowest BCUT2D eigenvalue weighted by Gasteiger charge is -2.26. The van der Waals surface area contributed by atoms with Crippen LogP contribution in [0.2, 0.25) is 0 Å². The zero-order valence-corrected chi connectivity index (χ0v) is 11.3. The predicted octanol–water partition coefficient (Wildman–Crippen LogP) is 2.09. The minimum absolute atomic E-state index is 0.211. The molecule has 2 rings (SSSR count). The zero-order valence-electron chi connectivity index (χ0n) is 11.3. The minimum atomic E-state index is 0.211. The molecule has 0 bridgehead atoms. The lowest BCUT2D eigenvalue weighted by atomic mass is 9.99. The van der Waals surface area contributed by atoms with E-state index in [9.17, 15) is 5.11 Å². The molecule has 1 aliphatic heterocycles. The summed E-state index contributed by atoms with van der Waals surface area (Å²) < 4.78 is 0. The number of phenols is 1. The fourth-order valence-corrected chi connectivity index (χ4v) is 2.51. The third kappa shape index (κ3) is 2.15. The van der Waals surface area contributed by atoms with E-state index in [2.05, 4.69) is 16.8 Å². The number of aromatic hydroxyl groups is 1. The molecule has 4 heteroatoms. The van der Waals surface area contributed by atoms with Crippen LogP contribution in [-0.4, -0.2) is 29.1 Å². The van der Waals surface area contributed by atoms with Crippen LogP contribution in [0.1, 0.15) is 36.1 Å². The number of nitrogens with zero attached hydrogens (tertiary/aromatic N) is 2. The Balaban J connectivity index is 2.32. The van der Waals surface area contributed by atoms with Crippen LogP contribution in [0, 0.1) is 13.8 Å². The van der Waals surface area contributed by atoms with Crippen LogP contribution in [0.5, 0.6) is 5.75 Å². The van der Waals surface area contributed by atoms with Gasteiger partial charge in [0.05, 0.1) is 12.6 Å². The molecule has 18 heavy (non-hydrogen) atoms. The van der Waals surface area contributed by atoms with Crippen LogP contribution in [0.25, 0.3) is 0 Å². The normalized spacial score (nSPS) is 19.2. The number of benzene rings is 1. The largest absolute Gasteiger partial charge is 0.507 e. The first-order valence-electron chi connectivity index (χ1n) is 6.41. The van der Waals surface area contributed by atoms with Crippen molar-refractivity contribution in [3.05, 3.63) is 28.8 Å². The van der Waals surface area contributed by atoms with Gasteiger partial charge in [0, 0.05) is 6.54 Å². The van der Waals surface area contributed by atoms with E-state index in [4.69, 9.17) is 5.73 Å². The zero-order chi connectivity index (χ0) is 13.3. The summed E-state index contributed by atoms with van der Waals surface area (Å²) in [5.74, 6) is 1.01. The lowest BCUT2D eigenvalue weighted by molar-refractivity contribution is 0.346. The SMILES string of the molecule is CCCN1C(N)=NCC1c1cc(C)c(O)c(C)c1. The van der Waals surface area contributed by atoms with E-state index in [0.29, 0.717) is 18.3 Å². The Kier molecular flexibility index (Phi) is 3.45. The van der Waals surface area contributed by atoms with Crippen molar-refractivity contribution >= 4 is 5.96 Å².